The number of aromatic nitrogens is 1. The third-order valence-electron chi connectivity index (χ3n) is 6.70. The lowest BCUT2D eigenvalue weighted by atomic mass is 9.86. The van der Waals surface area contributed by atoms with E-state index in [1.165, 1.54) is 24.1 Å². The average Bonchev–Trinajstić information content (AvgIpc) is 3.41. The Labute approximate surface area is 164 Å². The van der Waals surface area contributed by atoms with Gasteiger partial charge in [0.05, 0.1) is 11.1 Å². The number of hydrogen-bond donors (Lipinski definition) is 0. The van der Waals surface area contributed by atoms with Crippen LogP contribution in [0.2, 0.25) is 5.02 Å². The van der Waals surface area contributed by atoms with Gasteiger partial charge in [-0.3, -0.25) is 4.79 Å². The highest BCUT2D eigenvalue weighted by molar-refractivity contribution is 6.30. The molecule has 3 aliphatic rings. The quantitative estimate of drug-likeness (QED) is 0.774. The van der Waals surface area contributed by atoms with Crippen molar-refractivity contribution in [2.45, 2.75) is 62.7 Å². The second-order valence-electron chi connectivity index (χ2n) is 8.33. The molecule has 5 rings (SSSR count). The molecule has 142 valence electrons. The Balaban J connectivity index is 1.27. The van der Waals surface area contributed by atoms with E-state index in [1.807, 2.05) is 24.3 Å². The fourth-order valence-electron chi connectivity index (χ4n) is 4.90. The summed E-state index contributed by atoms with van der Waals surface area (Å²) in [4.78, 5) is 15.3. The lowest BCUT2D eigenvalue weighted by molar-refractivity contribution is -0.135. The number of nitrogens with zero attached hydrogens (tertiary/aromatic N) is 2. The average molecular weight is 385 g/mol. The first kappa shape index (κ1) is 17.3. The number of fused-ring (bicyclic) bond motifs is 1. The maximum atomic E-state index is 13.3. The van der Waals surface area contributed by atoms with Gasteiger partial charge in [-0.15, -0.1) is 0 Å². The number of carbonyl (C=O) groups is 1. The van der Waals surface area contributed by atoms with Crippen LogP contribution in [-0.2, 0) is 23.1 Å². The molecule has 2 heterocycles. The number of halogens is 1. The number of amides is 1. The monoisotopic (exact) mass is 384 g/mol. The molecule has 0 atom stereocenters. The summed E-state index contributed by atoms with van der Waals surface area (Å²) in [5.41, 5.74) is 3.35. The minimum atomic E-state index is -0.303. The molecular weight excluding hydrogens is 360 g/mol. The number of hydrogen-bond acceptors (Lipinski definition) is 3. The molecule has 0 spiro atoms. The number of aryl methyl sites for hydroxylation is 1. The largest absolute Gasteiger partial charge is 0.361 e. The smallest absolute Gasteiger partial charge is 0.233 e. The number of benzene rings is 1. The normalized spacial score (nSPS) is 21.7. The van der Waals surface area contributed by atoms with Crippen LogP contribution in [0.15, 0.2) is 28.8 Å². The van der Waals surface area contributed by atoms with Crippen molar-refractivity contribution >= 4 is 17.5 Å². The van der Waals surface area contributed by atoms with Crippen molar-refractivity contribution < 1.29 is 9.32 Å². The lowest BCUT2D eigenvalue weighted by Gasteiger charge is -2.34. The van der Waals surface area contributed by atoms with E-state index in [9.17, 15) is 4.79 Å². The number of rotatable bonds is 3. The van der Waals surface area contributed by atoms with Crippen LogP contribution in [0.3, 0.4) is 0 Å². The number of carbonyl (C=O) groups excluding carboxylic acids is 1. The first-order valence-corrected chi connectivity index (χ1v) is 10.6. The van der Waals surface area contributed by atoms with Crippen LogP contribution >= 0.6 is 11.6 Å². The van der Waals surface area contributed by atoms with E-state index in [0.717, 1.165) is 68.0 Å². The molecule has 2 aromatic rings. The van der Waals surface area contributed by atoms with Crippen molar-refractivity contribution in [1.82, 2.24) is 10.1 Å². The minimum absolute atomic E-state index is 0.294. The number of likely N-dealkylation sites (tertiary alicyclic amines) is 1. The van der Waals surface area contributed by atoms with Crippen LogP contribution < -0.4 is 0 Å². The van der Waals surface area contributed by atoms with Gasteiger partial charge in [-0.25, -0.2) is 0 Å². The first-order valence-electron chi connectivity index (χ1n) is 10.2. The third-order valence-corrected chi connectivity index (χ3v) is 6.95. The van der Waals surface area contributed by atoms with Gasteiger partial charge in [-0.05, 0) is 69.1 Å². The highest BCUT2D eigenvalue weighted by atomic mass is 35.5. The zero-order valence-corrected chi connectivity index (χ0v) is 16.3. The summed E-state index contributed by atoms with van der Waals surface area (Å²) in [6.45, 7) is 1.63. The Hall–Kier alpha value is -1.81. The van der Waals surface area contributed by atoms with Gasteiger partial charge in [-0.1, -0.05) is 28.9 Å². The molecule has 0 unspecified atom stereocenters. The van der Waals surface area contributed by atoms with Crippen LogP contribution in [0.5, 0.6) is 0 Å². The zero-order chi connectivity index (χ0) is 18.4. The Morgan fingerprint density at radius 3 is 2.52 bits per heavy atom. The molecule has 1 saturated heterocycles. The molecule has 1 aromatic heterocycles. The molecule has 2 fully saturated rings. The Morgan fingerprint density at radius 2 is 1.81 bits per heavy atom. The van der Waals surface area contributed by atoms with Gasteiger partial charge in [0.2, 0.25) is 5.91 Å². The highest BCUT2D eigenvalue weighted by Crippen LogP contribution is 2.50. The van der Waals surface area contributed by atoms with Crippen molar-refractivity contribution in [2.75, 3.05) is 13.1 Å². The summed E-state index contributed by atoms with van der Waals surface area (Å²) < 4.78 is 5.75. The van der Waals surface area contributed by atoms with E-state index in [2.05, 4.69) is 10.1 Å². The lowest BCUT2D eigenvalue weighted by Crippen LogP contribution is -2.43. The third kappa shape index (κ3) is 2.98. The predicted octanol–water partition coefficient (Wildman–Crippen LogP) is 4.64. The van der Waals surface area contributed by atoms with E-state index in [0.29, 0.717) is 11.8 Å². The molecule has 4 nitrogen and oxygen atoms in total. The highest BCUT2D eigenvalue weighted by Gasteiger charge is 2.53. The minimum Gasteiger partial charge on any atom is -0.361 e. The summed E-state index contributed by atoms with van der Waals surface area (Å²) in [5, 5.41) is 5.04. The van der Waals surface area contributed by atoms with Gasteiger partial charge in [0.15, 0.2) is 0 Å². The molecule has 0 N–H and O–H groups in total. The van der Waals surface area contributed by atoms with Gasteiger partial charge < -0.3 is 9.42 Å². The van der Waals surface area contributed by atoms with E-state index >= 15 is 0 Å². The van der Waals surface area contributed by atoms with Gasteiger partial charge in [0.1, 0.15) is 5.76 Å². The molecular formula is C22H25ClN2O2. The van der Waals surface area contributed by atoms with Crippen molar-refractivity contribution in [3.63, 3.8) is 0 Å². The van der Waals surface area contributed by atoms with Crippen molar-refractivity contribution in [1.29, 1.82) is 0 Å². The van der Waals surface area contributed by atoms with E-state index in [-0.39, 0.29) is 5.41 Å². The van der Waals surface area contributed by atoms with Crippen molar-refractivity contribution in [2.24, 2.45) is 0 Å². The van der Waals surface area contributed by atoms with Crippen LogP contribution in [0.1, 0.15) is 67.0 Å². The van der Waals surface area contributed by atoms with Crippen molar-refractivity contribution in [3.8, 4) is 0 Å². The van der Waals surface area contributed by atoms with E-state index < -0.39 is 0 Å². The van der Waals surface area contributed by atoms with Gasteiger partial charge in [-0.2, -0.15) is 0 Å². The van der Waals surface area contributed by atoms with Crippen molar-refractivity contribution in [3.05, 3.63) is 51.9 Å². The SMILES string of the molecule is O=C(N1CCC(c2onc3c2CCCC3)CC1)C1(c2ccc(Cl)cc2)CC1. The molecule has 1 aliphatic heterocycles. The molecule has 0 bridgehead atoms. The van der Waals surface area contributed by atoms with Crippen LogP contribution in [0.25, 0.3) is 0 Å². The Kier molecular flexibility index (Phi) is 4.27. The number of piperidine rings is 1. The summed E-state index contributed by atoms with van der Waals surface area (Å²) in [7, 11) is 0. The zero-order valence-electron chi connectivity index (χ0n) is 15.5. The molecule has 27 heavy (non-hydrogen) atoms. The second kappa shape index (κ2) is 6.66. The Morgan fingerprint density at radius 1 is 1.11 bits per heavy atom. The van der Waals surface area contributed by atoms with Gasteiger partial charge in [0, 0.05) is 29.6 Å². The fourth-order valence-corrected chi connectivity index (χ4v) is 5.03. The maximum Gasteiger partial charge on any atom is 0.233 e. The van der Waals surface area contributed by atoms with Crippen LogP contribution in [-0.4, -0.2) is 29.1 Å². The van der Waals surface area contributed by atoms with Crippen LogP contribution in [0, 0.1) is 0 Å². The molecule has 1 saturated carbocycles. The molecule has 2 aliphatic carbocycles. The fraction of sp³-hybridized carbons (Fsp3) is 0.545. The summed E-state index contributed by atoms with van der Waals surface area (Å²) >= 11 is 6.02. The van der Waals surface area contributed by atoms with E-state index in [4.69, 9.17) is 16.1 Å². The second-order valence-corrected chi connectivity index (χ2v) is 8.77. The molecule has 0 radical (unpaired) electrons. The topological polar surface area (TPSA) is 46.3 Å². The van der Waals surface area contributed by atoms with Crippen LogP contribution in [0.4, 0.5) is 0 Å². The van der Waals surface area contributed by atoms with E-state index in [1.54, 1.807) is 0 Å². The summed E-state index contributed by atoms with van der Waals surface area (Å²) in [6, 6.07) is 7.81. The Bertz CT molecular complexity index is 846. The maximum absolute atomic E-state index is 13.3. The van der Waals surface area contributed by atoms with Gasteiger partial charge >= 0.3 is 0 Å². The molecule has 5 heteroatoms. The summed E-state index contributed by atoms with van der Waals surface area (Å²) in [6.07, 6.45) is 8.47. The molecule has 1 aromatic carbocycles. The first-order chi connectivity index (χ1) is 13.2. The standard InChI is InChI=1S/C22H25ClN2O2/c23-17-7-5-16(6-8-17)22(11-12-22)21(26)25-13-9-15(10-14-25)20-18-3-1-2-4-19(18)24-27-20/h5-8,15H,1-4,9-14H2. The summed E-state index contributed by atoms with van der Waals surface area (Å²) in [5.74, 6) is 1.81. The molecule has 1 amide bonds. The van der Waals surface area contributed by atoms with Gasteiger partial charge in [0.25, 0.3) is 0 Å². The predicted molar refractivity (Wildman–Crippen MR) is 104 cm³/mol.